The molecule has 1 aromatic heterocycles. The zero-order valence-corrected chi connectivity index (χ0v) is 12.7. The maximum absolute atomic E-state index is 11.7. The van der Waals surface area contributed by atoms with Crippen molar-refractivity contribution in [3.8, 4) is 0 Å². The maximum Gasteiger partial charge on any atom is 0.178 e. The van der Waals surface area contributed by atoms with E-state index in [1.54, 1.807) is 35.9 Å². The first-order valence-corrected chi connectivity index (χ1v) is 8.15. The Hall–Kier alpha value is -1.82. The number of aryl methyl sites for hydroxylation is 1. The van der Waals surface area contributed by atoms with Crippen LogP contribution < -0.4 is 5.32 Å². The van der Waals surface area contributed by atoms with E-state index in [1.807, 2.05) is 26.4 Å². The predicted molar refractivity (Wildman–Crippen MR) is 79.4 cm³/mol. The molecule has 1 aromatic carbocycles. The van der Waals surface area contributed by atoms with Gasteiger partial charge in [-0.05, 0) is 31.2 Å². The van der Waals surface area contributed by atoms with Crippen molar-refractivity contribution in [3.63, 3.8) is 0 Å². The summed E-state index contributed by atoms with van der Waals surface area (Å²) in [4.78, 5) is 0.361. The van der Waals surface area contributed by atoms with Gasteiger partial charge in [0.05, 0.1) is 22.9 Å². The molecule has 0 aliphatic heterocycles. The third kappa shape index (κ3) is 3.19. The van der Waals surface area contributed by atoms with E-state index < -0.39 is 9.84 Å². The lowest BCUT2D eigenvalue weighted by atomic mass is 10.2. The Morgan fingerprint density at radius 1 is 1.30 bits per heavy atom. The molecule has 20 heavy (non-hydrogen) atoms. The molecule has 0 saturated heterocycles. The van der Waals surface area contributed by atoms with E-state index in [4.69, 9.17) is 0 Å². The second kappa shape index (κ2) is 5.66. The highest BCUT2D eigenvalue weighted by atomic mass is 32.2. The second-order valence-electron chi connectivity index (χ2n) is 4.74. The van der Waals surface area contributed by atoms with Crippen molar-refractivity contribution in [1.29, 1.82) is 0 Å². The van der Waals surface area contributed by atoms with Crippen molar-refractivity contribution in [2.24, 2.45) is 7.05 Å². The summed E-state index contributed by atoms with van der Waals surface area (Å²) in [5.74, 6) is 0.117. The molecule has 0 saturated carbocycles. The standard InChI is InChI=1S/C14H19N3O2S/c1-4-20(18,19)14-7-5-13(6-8-14)16-11(2)12-9-15-17(3)10-12/h5-11,16H,4H2,1-3H3. The molecule has 1 heterocycles. The average Bonchev–Trinajstić information content (AvgIpc) is 2.86. The average molecular weight is 293 g/mol. The molecule has 0 bridgehead atoms. The van der Waals surface area contributed by atoms with Gasteiger partial charge in [0.2, 0.25) is 0 Å². The fraction of sp³-hybridized carbons (Fsp3) is 0.357. The van der Waals surface area contributed by atoms with E-state index in [0.717, 1.165) is 11.3 Å². The smallest absolute Gasteiger partial charge is 0.178 e. The van der Waals surface area contributed by atoms with Crippen LogP contribution in [-0.4, -0.2) is 24.0 Å². The molecule has 0 spiro atoms. The Kier molecular flexibility index (Phi) is 4.13. The van der Waals surface area contributed by atoms with Crippen LogP contribution >= 0.6 is 0 Å². The molecular formula is C14H19N3O2S. The summed E-state index contributed by atoms with van der Waals surface area (Å²) in [6.45, 7) is 3.68. The van der Waals surface area contributed by atoms with E-state index in [2.05, 4.69) is 10.4 Å². The van der Waals surface area contributed by atoms with Crippen LogP contribution in [-0.2, 0) is 16.9 Å². The SMILES string of the molecule is CCS(=O)(=O)c1ccc(NC(C)c2cnn(C)c2)cc1. The number of aromatic nitrogens is 2. The van der Waals surface area contributed by atoms with Gasteiger partial charge in [0.15, 0.2) is 9.84 Å². The van der Waals surface area contributed by atoms with Gasteiger partial charge in [0.25, 0.3) is 0 Å². The summed E-state index contributed by atoms with van der Waals surface area (Å²) in [5.41, 5.74) is 1.97. The molecule has 1 atom stereocenters. The topological polar surface area (TPSA) is 64.0 Å². The van der Waals surface area contributed by atoms with Crippen molar-refractivity contribution in [2.45, 2.75) is 24.8 Å². The summed E-state index contributed by atoms with van der Waals surface area (Å²) in [6, 6.07) is 6.95. The normalized spacial score (nSPS) is 13.2. The van der Waals surface area contributed by atoms with Gasteiger partial charge < -0.3 is 5.32 Å². The molecule has 6 heteroatoms. The quantitative estimate of drug-likeness (QED) is 0.919. The van der Waals surface area contributed by atoms with Crippen LogP contribution in [0.4, 0.5) is 5.69 Å². The van der Waals surface area contributed by atoms with Crippen LogP contribution in [0.5, 0.6) is 0 Å². The molecule has 0 aliphatic carbocycles. The molecule has 0 radical (unpaired) electrons. The number of benzene rings is 1. The Morgan fingerprint density at radius 3 is 2.45 bits per heavy atom. The van der Waals surface area contributed by atoms with E-state index in [9.17, 15) is 8.42 Å². The Bertz CT molecular complexity index is 675. The van der Waals surface area contributed by atoms with E-state index in [1.165, 1.54) is 0 Å². The summed E-state index contributed by atoms with van der Waals surface area (Å²) in [7, 11) is -1.26. The van der Waals surface area contributed by atoms with Crippen LogP contribution in [0.1, 0.15) is 25.5 Å². The zero-order chi connectivity index (χ0) is 14.8. The fourth-order valence-electron chi connectivity index (χ4n) is 1.92. The van der Waals surface area contributed by atoms with Gasteiger partial charge in [-0.1, -0.05) is 6.92 Å². The van der Waals surface area contributed by atoms with E-state index in [0.29, 0.717) is 4.90 Å². The van der Waals surface area contributed by atoms with Gasteiger partial charge in [0.1, 0.15) is 0 Å². The molecule has 1 unspecified atom stereocenters. The third-order valence-corrected chi connectivity index (χ3v) is 4.95. The Morgan fingerprint density at radius 2 is 1.95 bits per heavy atom. The fourth-order valence-corrected chi connectivity index (χ4v) is 2.81. The molecule has 0 aliphatic rings. The molecule has 2 aromatic rings. The van der Waals surface area contributed by atoms with E-state index >= 15 is 0 Å². The van der Waals surface area contributed by atoms with E-state index in [-0.39, 0.29) is 11.8 Å². The summed E-state index contributed by atoms with van der Waals surface area (Å²) >= 11 is 0. The molecule has 0 fully saturated rings. The van der Waals surface area contributed by atoms with Crippen molar-refractivity contribution in [1.82, 2.24) is 9.78 Å². The van der Waals surface area contributed by atoms with Gasteiger partial charge in [-0.3, -0.25) is 4.68 Å². The van der Waals surface area contributed by atoms with Crippen molar-refractivity contribution in [2.75, 3.05) is 11.1 Å². The Labute approximate surface area is 119 Å². The number of hydrogen-bond acceptors (Lipinski definition) is 4. The monoisotopic (exact) mass is 293 g/mol. The number of nitrogens with zero attached hydrogens (tertiary/aromatic N) is 2. The highest BCUT2D eigenvalue weighted by Gasteiger charge is 2.12. The van der Waals surface area contributed by atoms with Crippen molar-refractivity contribution < 1.29 is 8.42 Å². The highest BCUT2D eigenvalue weighted by Crippen LogP contribution is 2.20. The van der Waals surface area contributed by atoms with Crippen LogP contribution in [0.15, 0.2) is 41.6 Å². The molecular weight excluding hydrogens is 274 g/mol. The molecule has 5 nitrogen and oxygen atoms in total. The van der Waals surface area contributed by atoms with Gasteiger partial charge in [-0.15, -0.1) is 0 Å². The number of nitrogens with one attached hydrogen (secondary N) is 1. The number of hydrogen-bond donors (Lipinski definition) is 1. The predicted octanol–water partition coefficient (Wildman–Crippen LogP) is 2.39. The summed E-state index contributed by atoms with van der Waals surface area (Å²) < 4.78 is 25.2. The largest absolute Gasteiger partial charge is 0.378 e. The molecule has 108 valence electrons. The first kappa shape index (κ1) is 14.6. The van der Waals surface area contributed by atoms with Gasteiger partial charge in [-0.2, -0.15) is 5.10 Å². The molecule has 1 N–H and O–H groups in total. The number of rotatable bonds is 5. The van der Waals surface area contributed by atoms with Gasteiger partial charge in [0, 0.05) is 24.5 Å². The van der Waals surface area contributed by atoms with Gasteiger partial charge >= 0.3 is 0 Å². The maximum atomic E-state index is 11.7. The van der Waals surface area contributed by atoms with Crippen LogP contribution in [0.25, 0.3) is 0 Å². The minimum Gasteiger partial charge on any atom is -0.378 e. The minimum atomic E-state index is -3.13. The number of sulfone groups is 1. The zero-order valence-electron chi connectivity index (χ0n) is 11.9. The Balaban J connectivity index is 2.11. The van der Waals surface area contributed by atoms with Crippen LogP contribution in [0, 0.1) is 0 Å². The summed E-state index contributed by atoms with van der Waals surface area (Å²) in [5, 5.41) is 7.45. The minimum absolute atomic E-state index is 0.109. The number of anilines is 1. The molecule has 2 rings (SSSR count). The third-order valence-electron chi connectivity index (χ3n) is 3.20. The van der Waals surface area contributed by atoms with Crippen molar-refractivity contribution in [3.05, 3.63) is 42.2 Å². The van der Waals surface area contributed by atoms with Crippen LogP contribution in [0.3, 0.4) is 0 Å². The lowest BCUT2D eigenvalue weighted by Gasteiger charge is -2.14. The lowest BCUT2D eigenvalue weighted by Crippen LogP contribution is -2.07. The van der Waals surface area contributed by atoms with Crippen LogP contribution in [0.2, 0.25) is 0 Å². The van der Waals surface area contributed by atoms with Crippen molar-refractivity contribution >= 4 is 15.5 Å². The second-order valence-corrected chi connectivity index (χ2v) is 7.02. The molecule has 0 amide bonds. The highest BCUT2D eigenvalue weighted by molar-refractivity contribution is 7.91. The van der Waals surface area contributed by atoms with Gasteiger partial charge in [-0.25, -0.2) is 8.42 Å². The first-order chi connectivity index (χ1) is 9.42. The summed E-state index contributed by atoms with van der Waals surface area (Å²) in [6.07, 6.45) is 3.77. The lowest BCUT2D eigenvalue weighted by molar-refractivity contribution is 0.597. The first-order valence-electron chi connectivity index (χ1n) is 6.50.